The number of esters is 2. The van der Waals surface area contributed by atoms with Crippen LogP contribution in [0.2, 0.25) is 0 Å². The van der Waals surface area contributed by atoms with Crippen LogP contribution in [0.15, 0.2) is 0 Å². The monoisotopic (exact) mass is 332 g/mol. The maximum atomic E-state index is 11.8. The molecule has 132 valence electrons. The van der Waals surface area contributed by atoms with E-state index in [2.05, 4.69) is 0 Å². The van der Waals surface area contributed by atoms with Crippen LogP contribution in [0.4, 0.5) is 0 Å². The third-order valence-corrected chi connectivity index (χ3v) is 3.78. The third kappa shape index (κ3) is 4.20. The molecule has 8 heteroatoms. The minimum Gasteiger partial charge on any atom is -0.455 e. The smallest absolute Gasteiger partial charge is 0.306 e. The van der Waals surface area contributed by atoms with Crippen molar-refractivity contribution < 1.29 is 38.0 Å². The zero-order valence-corrected chi connectivity index (χ0v) is 13.9. The molecule has 0 aromatic carbocycles. The zero-order valence-electron chi connectivity index (χ0n) is 13.9. The van der Waals surface area contributed by atoms with Crippen LogP contribution in [0.3, 0.4) is 0 Å². The van der Waals surface area contributed by atoms with Gasteiger partial charge in [0.1, 0.15) is 12.2 Å². The number of rotatable bonds is 5. The van der Waals surface area contributed by atoms with Gasteiger partial charge in [-0.25, -0.2) is 0 Å². The lowest BCUT2D eigenvalue weighted by atomic mass is 9.97. The van der Waals surface area contributed by atoms with Crippen LogP contribution in [0.25, 0.3) is 0 Å². The average Bonchev–Trinajstić information content (AvgIpc) is 2.56. The largest absolute Gasteiger partial charge is 0.455 e. The predicted octanol–water partition coefficient (Wildman–Crippen LogP) is 0.763. The molecule has 2 aliphatic rings. The Hall–Kier alpha value is -1.22. The Morgan fingerprint density at radius 1 is 1.04 bits per heavy atom. The van der Waals surface area contributed by atoms with Gasteiger partial charge in [0.25, 0.3) is 0 Å². The van der Waals surface area contributed by atoms with Gasteiger partial charge in [-0.05, 0) is 6.92 Å². The second-order valence-electron chi connectivity index (χ2n) is 5.40. The molecule has 0 aromatic rings. The van der Waals surface area contributed by atoms with Gasteiger partial charge in [0, 0.05) is 20.0 Å². The molecule has 2 fully saturated rings. The Morgan fingerprint density at radius 2 is 1.65 bits per heavy atom. The first-order chi connectivity index (χ1) is 11.0. The highest BCUT2D eigenvalue weighted by atomic mass is 16.8. The molecule has 0 spiro atoms. The number of hydrogen-bond acceptors (Lipinski definition) is 8. The van der Waals surface area contributed by atoms with Crippen molar-refractivity contribution in [1.82, 2.24) is 0 Å². The minimum absolute atomic E-state index is 0.190. The summed E-state index contributed by atoms with van der Waals surface area (Å²) in [5, 5.41) is 0. The number of methoxy groups -OCH3 is 1. The van der Waals surface area contributed by atoms with Crippen molar-refractivity contribution in [3.63, 3.8) is 0 Å². The highest BCUT2D eigenvalue weighted by molar-refractivity contribution is 5.70. The van der Waals surface area contributed by atoms with Crippen molar-refractivity contribution in [2.24, 2.45) is 0 Å². The van der Waals surface area contributed by atoms with Gasteiger partial charge in [-0.3, -0.25) is 9.59 Å². The quantitative estimate of drug-likeness (QED) is 0.682. The summed E-state index contributed by atoms with van der Waals surface area (Å²) in [5.41, 5.74) is 0. The fourth-order valence-electron chi connectivity index (χ4n) is 2.59. The maximum absolute atomic E-state index is 11.8. The van der Waals surface area contributed by atoms with E-state index in [0.29, 0.717) is 0 Å². The molecule has 0 bridgehead atoms. The van der Waals surface area contributed by atoms with Gasteiger partial charge in [0.05, 0.1) is 6.61 Å². The first kappa shape index (κ1) is 18.1. The molecular formula is C15H24O8. The molecule has 0 N–H and O–H groups in total. The Kier molecular flexibility index (Phi) is 6.34. The van der Waals surface area contributed by atoms with Crippen LogP contribution in [0, 0.1) is 0 Å². The standard InChI is InChI=1S/C15H24O8/c1-5-10(16)22-13-12-9(7-19-8(3)20-12)21-15(18-4)14(13)23-11(17)6-2/h8-9,12-15H,5-7H2,1-4H3/t8?,9?,12-,13+,14?,15+/m1/s1. The van der Waals surface area contributed by atoms with Gasteiger partial charge in [-0.2, -0.15) is 0 Å². The number of hydrogen-bond donors (Lipinski definition) is 0. The second-order valence-corrected chi connectivity index (χ2v) is 5.40. The van der Waals surface area contributed by atoms with E-state index in [1.165, 1.54) is 7.11 Å². The summed E-state index contributed by atoms with van der Waals surface area (Å²) in [4.78, 5) is 23.5. The molecule has 0 aromatic heterocycles. The predicted molar refractivity (Wildman–Crippen MR) is 76.3 cm³/mol. The van der Waals surface area contributed by atoms with Crippen molar-refractivity contribution in [2.75, 3.05) is 13.7 Å². The van der Waals surface area contributed by atoms with E-state index in [4.69, 9.17) is 28.4 Å². The molecule has 0 radical (unpaired) electrons. The highest BCUT2D eigenvalue weighted by Gasteiger charge is 2.53. The summed E-state index contributed by atoms with van der Waals surface area (Å²) in [7, 11) is 1.43. The normalized spacial score (nSPS) is 36.9. The van der Waals surface area contributed by atoms with Crippen LogP contribution >= 0.6 is 0 Å². The van der Waals surface area contributed by atoms with E-state index in [9.17, 15) is 9.59 Å². The maximum Gasteiger partial charge on any atom is 0.306 e. The van der Waals surface area contributed by atoms with Crippen LogP contribution in [-0.2, 0) is 38.0 Å². The summed E-state index contributed by atoms with van der Waals surface area (Å²) in [6.45, 7) is 5.38. The second kappa shape index (κ2) is 8.05. The van der Waals surface area contributed by atoms with Gasteiger partial charge in [0.15, 0.2) is 24.8 Å². The molecule has 2 rings (SSSR count). The molecule has 3 unspecified atom stereocenters. The van der Waals surface area contributed by atoms with E-state index in [0.717, 1.165) is 0 Å². The number of carbonyl (C=O) groups is 2. The van der Waals surface area contributed by atoms with E-state index in [-0.39, 0.29) is 19.4 Å². The van der Waals surface area contributed by atoms with Gasteiger partial charge in [-0.15, -0.1) is 0 Å². The van der Waals surface area contributed by atoms with Crippen molar-refractivity contribution in [1.29, 1.82) is 0 Å². The SMILES string of the molecule is CCC(=O)OC1[C@@H](OC)OC2COC(C)O[C@H]2[C@@H]1OC(=O)CC. The van der Waals surface area contributed by atoms with E-state index < -0.39 is 48.9 Å². The van der Waals surface area contributed by atoms with E-state index >= 15 is 0 Å². The van der Waals surface area contributed by atoms with E-state index in [1.54, 1.807) is 20.8 Å². The molecule has 2 heterocycles. The van der Waals surface area contributed by atoms with Gasteiger partial charge < -0.3 is 28.4 Å². The average molecular weight is 332 g/mol. The zero-order chi connectivity index (χ0) is 17.0. The molecule has 6 atom stereocenters. The fraction of sp³-hybridized carbons (Fsp3) is 0.867. The van der Waals surface area contributed by atoms with Crippen molar-refractivity contribution in [2.45, 2.75) is 70.6 Å². The summed E-state index contributed by atoms with van der Waals surface area (Å²) in [6.07, 6.45) is -3.70. The highest BCUT2D eigenvalue weighted by Crippen LogP contribution is 2.32. The van der Waals surface area contributed by atoms with Crippen LogP contribution < -0.4 is 0 Å². The number of carbonyl (C=O) groups excluding carboxylic acids is 2. The lowest BCUT2D eigenvalue weighted by molar-refractivity contribution is -0.354. The Morgan fingerprint density at radius 3 is 2.22 bits per heavy atom. The summed E-state index contributed by atoms with van der Waals surface area (Å²) in [5.74, 6) is -0.845. The third-order valence-electron chi connectivity index (χ3n) is 3.78. The van der Waals surface area contributed by atoms with Crippen molar-refractivity contribution in [3.8, 4) is 0 Å². The molecule has 0 saturated carbocycles. The Balaban J connectivity index is 2.25. The topological polar surface area (TPSA) is 89.5 Å². The Labute approximate surface area is 135 Å². The van der Waals surface area contributed by atoms with Crippen molar-refractivity contribution >= 4 is 11.9 Å². The minimum atomic E-state index is -0.894. The van der Waals surface area contributed by atoms with Crippen LogP contribution in [-0.4, -0.2) is 62.7 Å². The lowest BCUT2D eigenvalue weighted by Gasteiger charge is -2.47. The van der Waals surface area contributed by atoms with Gasteiger partial charge >= 0.3 is 11.9 Å². The van der Waals surface area contributed by atoms with Crippen molar-refractivity contribution in [3.05, 3.63) is 0 Å². The van der Waals surface area contributed by atoms with Gasteiger partial charge in [0.2, 0.25) is 0 Å². The fourth-order valence-corrected chi connectivity index (χ4v) is 2.59. The lowest BCUT2D eigenvalue weighted by Crippen LogP contribution is -2.64. The Bertz CT molecular complexity index is 426. The molecule has 0 amide bonds. The number of fused-ring (bicyclic) bond motifs is 1. The van der Waals surface area contributed by atoms with Gasteiger partial charge in [-0.1, -0.05) is 13.8 Å². The van der Waals surface area contributed by atoms with Crippen LogP contribution in [0.1, 0.15) is 33.6 Å². The summed E-state index contributed by atoms with van der Waals surface area (Å²) >= 11 is 0. The first-order valence-corrected chi connectivity index (χ1v) is 7.84. The first-order valence-electron chi connectivity index (χ1n) is 7.84. The van der Waals surface area contributed by atoms with Crippen LogP contribution in [0.5, 0.6) is 0 Å². The molecule has 23 heavy (non-hydrogen) atoms. The molecule has 2 aliphatic heterocycles. The molecule has 2 saturated heterocycles. The molecule has 8 nitrogen and oxygen atoms in total. The van der Waals surface area contributed by atoms with E-state index in [1.807, 2.05) is 0 Å². The summed E-state index contributed by atoms with van der Waals surface area (Å²) in [6, 6.07) is 0. The molecule has 0 aliphatic carbocycles. The summed E-state index contributed by atoms with van der Waals surface area (Å²) < 4.78 is 33.0. The number of ether oxygens (including phenoxy) is 6. The molecular weight excluding hydrogens is 308 g/mol.